The van der Waals surface area contributed by atoms with E-state index in [2.05, 4.69) is 10.5 Å². The van der Waals surface area contributed by atoms with Crippen molar-refractivity contribution in [1.29, 1.82) is 0 Å². The van der Waals surface area contributed by atoms with Gasteiger partial charge < -0.3 is 4.90 Å². The quantitative estimate of drug-likeness (QED) is 0.663. The van der Waals surface area contributed by atoms with Crippen LogP contribution in [-0.2, 0) is 4.79 Å². The van der Waals surface area contributed by atoms with Gasteiger partial charge in [0.25, 0.3) is 5.91 Å². The molecule has 0 unspecified atom stereocenters. The van der Waals surface area contributed by atoms with Gasteiger partial charge in [-0.1, -0.05) is 41.9 Å². The highest BCUT2D eigenvalue weighted by molar-refractivity contribution is 6.30. The molecule has 0 atom stereocenters. The fraction of sp³-hybridized carbons (Fsp3) is 0.250. The van der Waals surface area contributed by atoms with Crippen molar-refractivity contribution in [3.05, 3.63) is 70.7 Å². The lowest BCUT2D eigenvalue weighted by atomic mass is 9.95. The average Bonchev–Trinajstić information content (AvgIpc) is 2.69. The summed E-state index contributed by atoms with van der Waals surface area (Å²) in [7, 11) is 0. The second-order valence-electron chi connectivity index (χ2n) is 6.22. The number of rotatable bonds is 4. The van der Waals surface area contributed by atoms with Gasteiger partial charge in [-0.05, 0) is 42.7 Å². The first-order chi connectivity index (χ1) is 12.6. The molecule has 6 heteroatoms. The van der Waals surface area contributed by atoms with E-state index in [0.717, 1.165) is 5.56 Å². The number of nitrogens with zero attached hydrogens (tertiary/aromatic N) is 2. The maximum Gasteiger partial charge on any atom is 0.253 e. The summed E-state index contributed by atoms with van der Waals surface area (Å²) in [6, 6.07) is 16.4. The molecule has 2 aromatic rings. The standard InChI is InChI=1S/C20H20ClN3O2/c21-18-8-6-17(7-9-18)20(26)24-12-10-16(11-13-24)19(25)23-22-14-15-4-2-1-3-5-15/h1-9,14,16H,10-13H2,(H,23,25)/b22-14-. The van der Waals surface area contributed by atoms with Crippen LogP contribution in [0.25, 0.3) is 0 Å². The van der Waals surface area contributed by atoms with Gasteiger partial charge in [-0.2, -0.15) is 5.10 Å². The lowest BCUT2D eigenvalue weighted by Gasteiger charge is -2.31. The lowest BCUT2D eigenvalue weighted by molar-refractivity contribution is -0.126. The average molecular weight is 370 g/mol. The van der Waals surface area contributed by atoms with Crippen molar-refractivity contribution in [2.45, 2.75) is 12.8 Å². The lowest BCUT2D eigenvalue weighted by Crippen LogP contribution is -2.42. The predicted octanol–water partition coefficient (Wildman–Crippen LogP) is 3.34. The van der Waals surface area contributed by atoms with Gasteiger partial charge in [0.15, 0.2) is 0 Å². The fourth-order valence-corrected chi connectivity index (χ4v) is 3.05. The highest BCUT2D eigenvalue weighted by atomic mass is 35.5. The number of hydrogen-bond donors (Lipinski definition) is 1. The minimum absolute atomic E-state index is 0.0253. The van der Waals surface area contributed by atoms with Crippen molar-refractivity contribution < 1.29 is 9.59 Å². The van der Waals surface area contributed by atoms with Crippen LogP contribution in [-0.4, -0.2) is 36.0 Å². The van der Waals surface area contributed by atoms with Gasteiger partial charge >= 0.3 is 0 Å². The number of amides is 2. The molecule has 0 aliphatic carbocycles. The van der Waals surface area contributed by atoms with Crippen LogP contribution < -0.4 is 5.43 Å². The maximum atomic E-state index is 12.5. The van der Waals surface area contributed by atoms with Crippen molar-refractivity contribution in [2.75, 3.05) is 13.1 Å². The number of piperidine rings is 1. The van der Waals surface area contributed by atoms with Crippen LogP contribution >= 0.6 is 11.6 Å². The van der Waals surface area contributed by atoms with E-state index in [1.807, 2.05) is 30.3 Å². The second-order valence-corrected chi connectivity index (χ2v) is 6.65. The molecule has 1 fully saturated rings. The first kappa shape index (κ1) is 18.1. The molecule has 1 heterocycles. The SMILES string of the molecule is O=C(N/N=C\c1ccccc1)C1CCN(C(=O)c2ccc(Cl)cc2)CC1. The van der Waals surface area contributed by atoms with Gasteiger partial charge in [-0.15, -0.1) is 0 Å². The molecule has 1 saturated heterocycles. The van der Waals surface area contributed by atoms with E-state index in [9.17, 15) is 9.59 Å². The third-order valence-corrected chi connectivity index (χ3v) is 4.68. The molecule has 0 spiro atoms. The summed E-state index contributed by atoms with van der Waals surface area (Å²) in [5, 5.41) is 4.61. The van der Waals surface area contributed by atoms with Crippen molar-refractivity contribution in [2.24, 2.45) is 11.0 Å². The van der Waals surface area contributed by atoms with Crippen molar-refractivity contribution in [3.63, 3.8) is 0 Å². The summed E-state index contributed by atoms with van der Waals surface area (Å²) in [4.78, 5) is 26.5. The number of likely N-dealkylation sites (tertiary alicyclic amines) is 1. The number of nitrogens with one attached hydrogen (secondary N) is 1. The van der Waals surface area contributed by atoms with Gasteiger partial charge in [0.1, 0.15) is 0 Å². The van der Waals surface area contributed by atoms with Crippen LogP contribution in [0.2, 0.25) is 5.02 Å². The molecule has 134 valence electrons. The molecule has 1 aliphatic heterocycles. The van der Waals surface area contributed by atoms with Crippen LogP contribution in [0.15, 0.2) is 59.7 Å². The number of hydrazone groups is 1. The monoisotopic (exact) mass is 369 g/mol. The number of carbonyl (C=O) groups is 2. The summed E-state index contributed by atoms with van der Waals surface area (Å²) in [5.41, 5.74) is 4.14. The van der Waals surface area contributed by atoms with Crippen LogP contribution in [0, 0.1) is 5.92 Å². The zero-order valence-electron chi connectivity index (χ0n) is 14.3. The molecule has 0 bridgehead atoms. The Morgan fingerprint density at radius 3 is 2.35 bits per heavy atom. The zero-order valence-corrected chi connectivity index (χ0v) is 15.0. The van der Waals surface area contributed by atoms with Crippen LogP contribution in [0.1, 0.15) is 28.8 Å². The molecule has 1 N–H and O–H groups in total. The highest BCUT2D eigenvalue weighted by Gasteiger charge is 2.27. The van der Waals surface area contributed by atoms with Gasteiger partial charge in [0.2, 0.25) is 5.91 Å². The predicted molar refractivity (Wildman–Crippen MR) is 102 cm³/mol. The van der Waals surface area contributed by atoms with E-state index in [1.165, 1.54) is 0 Å². The van der Waals surface area contributed by atoms with Crippen molar-refractivity contribution in [1.82, 2.24) is 10.3 Å². The Kier molecular flexibility index (Phi) is 6.02. The van der Waals surface area contributed by atoms with Crippen LogP contribution in [0.3, 0.4) is 0 Å². The Labute approximate surface area is 157 Å². The molecular weight excluding hydrogens is 350 g/mol. The molecule has 2 aromatic carbocycles. The molecule has 3 rings (SSSR count). The first-order valence-electron chi connectivity index (χ1n) is 8.56. The normalized spacial score (nSPS) is 15.2. The van der Waals surface area contributed by atoms with Crippen molar-refractivity contribution >= 4 is 29.6 Å². The Morgan fingerprint density at radius 2 is 1.69 bits per heavy atom. The summed E-state index contributed by atoms with van der Waals surface area (Å²) >= 11 is 5.86. The molecule has 0 radical (unpaired) electrons. The molecule has 2 amide bonds. The Morgan fingerprint density at radius 1 is 1.04 bits per heavy atom. The third kappa shape index (κ3) is 4.70. The van der Waals surface area contributed by atoms with Gasteiger partial charge in [0, 0.05) is 29.6 Å². The Hall–Kier alpha value is -2.66. The fourth-order valence-electron chi connectivity index (χ4n) is 2.92. The molecule has 1 aliphatic rings. The number of halogens is 1. The number of benzene rings is 2. The van der Waals surface area contributed by atoms with E-state index in [-0.39, 0.29) is 17.7 Å². The first-order valence-corrected chi connectivity index (χ1v) is 8.94. The summed E-state index contributed by atoms with van der Waals surface area (Å²) < 4.78 is 0. The van der Waals surface area contributed by atoms with E-state index >= 15 is 0 Å². The zero-order chi connectivity index (χ0) is 18.4. The van der Waals surface area contributed by atoms with E-state index in [4.69, 9.17) is 11.6 Å². The summed E-state index contributed by atoms with van der Waals surface area (Å²) in [6.07, 6.45) is 2.88. The summed E-state index contributed by atoms with van der Waals surface area (Å²) in [5.74, 6) is -0.254. The van der Waals surface area contributed by atoms with Gasteiger partial charge in [-0.25, -0.2) is 5.43 Å². The highest BCUT2D eigenvalue weighted by Crippen LogP contribution is 2.20. The number of carbonyl (C=O) groups excluding carboxylic acids is 2. The smallest absolute Gasteiger partial charge is 0.253 e. The largest absolute Gasteiger partial charge is 0.339 e. The molecule has 5 nitrogen and oxygen atoms in total. The summed E-state index contributed by atoms with van der Waals surface area (Å²) in [6.45, 7) is 1.11. The number of hydrogen-bond acceptors (Lipinski definition) is 3. The third-order valence-electron chi connectivity index (χ3n) is 4.43. The Bertz CT molecular complexity index is 782. The van der Waals surface area contributed by atoms with Gasteiger partial charge in [-0.3, -0.25) is 9.59 Å². The van der Waals surface area contributed by atoms with Gasteiger partial charge in [0.05, 0.1) is 6.21 Å². The molecule has 0 aromatic heterocycles. The second kappa shape index (κ2) is 8.63. The minimum Gasteiger partial charge on any atom is -0.339 e. The van der Waals surface area contributed by atoms with E-state index < -0.39 is 0 Å². The minimum atomic E-state index is -0.128. The molecular formula is C20H20ClN3O2. The maximum absolute atomic E-state index is 12.5. The van der Waals surface area contributed by atoms with Crippen molar-refractivity contribution in [3.8, 4) is 0 Å². The van der Waals surface area contributed by atoms with E-state index in [1.54, 1.807) is 35.4 Å². The van der Waals surface area contributed by atoms with Crippen LogP contribution in [0.5, 0.6) is 0 Å². The van der Waals surface area contributed by atoms with E-state index in [0.29, 0.717) is 36.5 Å². The Balaban J connectivity index is 1.48. The topological polar surface area (TPSA) is 61.8 Å². The van der Waals surface area contributed by atoms with Crippen LogP contribution in [0.4, 0.5) is 0 Å². The molecule has 26 heavy (non-hydrogen) atoms. The molecule has 0 saturated carbocycles.